The third-order valence-corrected chi connectivity index (χ3v) is 5.17. The van der Waals surface area contributed by atoms with Crippen LogP contribution in [0.2, 0.25) is 5.02 Å². The largest absolute Gasteiger partial charge is 0.355 e. The van der Waals surface area contributed by atoms with Gasteiger partial charge in [-0.3, -0.25) is 9.48 Å². The molecule has 1 saturated heterocycles. The first-order valence-electron chi connectivity index (χ1n) is 8.62. The summed E-state index contributed by atoms with van der Waals surface area (Å²) in [4.78, 5) is 22.9. The first-order chi connectivity index (χ1) is 12.4. The SMILES string of the molecule is CNC(=O)c1nc(C)c(C)c(N2CC[C@@H](NCc3c(Cl)cnn3C)C2)n1. The maximum absolute atomic E-state index is 11.9. The summed E-state index contributed by atoms with van der Waals surface area (Å²) < 4.78 is 1.79. The van der Waals surface area contributed by atoms with E-state index in [1.54, 1.807) is 17.9 Å². The Morgan fingerprint density at radius 3 is 2.81 bits per heavy atom. The molecule has 140 valence electrons. The molecular weight excluding hydrogens is 354 g/mol. The van der Waals surface area contributed by atoms with Crippen LogP contribution in [0.4, 0.5) is 5.82 Å². The van der Waals surface area contributed by atoms with Crippen LogP contribution < -0.4 is 15.5 Å². The molecule has 0 saturated carbocycles. The zero-order chi connectivity index (χ0) is 18.8. The quantitative estimate of drug-likeness (QED) is 0.814. The molecule has 26 heavy (non-hydrogen) atoms. The first-order valence-corrected chi connectivity index (χ1v) is 9.00. The maximum Gasteiger partial charge on any atom is 0.288 e. The normalized spacial score (nSPS) is 17.0. The topological polar surface area (TPSA) is 88.0 Å². The number of nitrogens with zero attached hydrogens (tertiary/aromatic N) is 5. The van der Waals surface area contributed by atoms with Crippen LogP contribution in [0.15, 0.2) is 6.20 Å². The monoisotopic (exact) mass is 377 g/mol. The summed E-state index contributed by atoms with van der Waals surface area (Å²) in [6.45, 7) is 6.26. The molecule has 1 fully saturated rings. The molecule has 0 unspecified atom stereocenters. The van der Waals surface area contributed by atoms with Gasteiger partial charge < -0.3 is 15.5 Å². The van der Waals surface area contributed by atoms with Gasteiger partial charge in [0.15, 0.2) is 0 Å². The number of halogens is 1. The van der Waals surface area contributed by atoms with Crippen LogP contribution >= 0.6 is 11.6 Å². The third kappa shape index (κ3) is 3.66. The van der Waals surface area contributed by atoms with Gasteiger partial charge in [-0.25, -0.2) is 9.97 Å². The summed E-state index contributed by atoms with van der Waals surface area (Å²) in [6, 6.07) is 0.319. The molecule has 1 aliphatic heterocycles. The smallest absolute Gasteiger partial charge is 0.288 e. The van der Waals surface area contributed by atoms with Gasteiger partial charge in [0.05, 0.1) is 16.9 Å². The Labute approximate surface area is 158 Å². The van der Waals surface area contributed by atoms with Crippen molar-refractivity contribution in [2.24, 2.45) is 7.05 Å². The van der Waals surface area contributed by atoms with Crippen LogP contribution in [0.3, 0.4) is 0 Å². The number of amides is 1. The first kappa shape index (κ1) is 18.6. The van der Waals surface area contributed by atoms with Crippen molar-refractivity contribution in [1.82, 2.24) is 30.4 Å². The second-order valence-corrected chi connectivity index (χ2v) is 6.94. The van der Waals surface area contributed by atoms with Crippen molar-refractivity contribution in [3.63, 3.8) is 0 Å². The molecular formula is C17H24ClN7O. The van der Waals surface area contributed by atoms with Crippen LogP contribution in [-0.2, 0) is 13.6 Å². The van der Waals surface area contributed by atoms with E-state index in [1.165, 1.54) is 0 Å². The van der Waals surface area contributed by atoms with Crippen molar-refractivity contribution in [2.45, 2.75) is 32.9 Å². The van der Waals surface area contributed by atoms with E-state index in [4.69, 9.17) is 11.6 Å². The number of hydrogen-bond donors (Lipinski definition) is 2. The molecule has 9 heteroatoms. The van der Waals surface area contributed by atoms with E-state index in [0.717, 1.165) is 42.3 Å². The Balaban J connectivity index is 1.70. The number of rotatable bonds is 5. The van der Waals surface area contributed by atoms with Gasteiger partial charge in [0, 0.05) is 51.0 Å². The summed E-state index contributed by atoms with van der Waals surface area (Å²) >= 11 is 6.17. The number of carbonyl (C=O) groups excluding carboxylic acids is 1. The molecule has 1 atom stereocenters. The van der Waals surface area contributed by atoms with Crippen LogP contribution in [0.5, 0.6) is 0 Å². The summed E-state index contributed by atoms with van der Waals surface area (Å²) in [6.07, 6.45) is 2.65. The molecule has 1 aliphatic rings. The molecule has 0 bridgehead atoms. The second kappa shape index (κ2) is 7.59. The minimum Gasteiger partial charge on any atom is -0.355 e. The van der Waals surface area contributed by atoms with Crippen LogP contribution in [0.1, 0.15) is 34.0 Å². The van der Waals surface area contributed by atoms with E-state index in [0.29, 0.717) is 17.6 Å². The number of aryl methyl sites for hydroxylation is 2. The highest BCUT2D eigenvalue weighted by molar-refractivity contribution is 6.31. The molecule has 3 rings (SSSR count). The van der Waals surface area contributed by atoms with Crippen molar-refractivity contribution < 1.29 is 4.79 Å². The number of aromatic nitrogens is 4. The molecule has 0 aliphatic carbocycles. The predicted molar refractivity (Wildman–Crippen MR) is 101 cm³/mol. The van der Waals surface area contributed by atoms with Gasteiger partial charge in [-0.1, -0.05) is 11.6 Å². The fourth-order valence-electron chi connectivity index (χ4n) is 3.13. The van der Waals surface area contributed by atoms with Crippen molar-refractivity contribution in [3.8, 4) is 0 Å². The lowest BCUT2D eigenvalue weighted by molar-refractivity contribution is 0.0952. The Hall–Kier alpha value is -2.19. The maximum atomic E-state index is 11.9. The van der Waals surface area contributed by atoms with Crippen LogP contribution in [-0.4, -0.2) is 51.8 Å². The average Bonchev–Trinajstić information content (AvgIpc) is 3.21. The van der Waals surface area contributed by atoms with Gasteiger partial charge in [-0.05, 0) is 20.3 Å². The molecule has 8 nitrogen and oxygen atoms in total. The fraction of sp³-hybridized carbons (Fsp3) is 0.529. The van der Waals surface area contributed by atoms with E-state index in [9.17, 15) is 4.79 Å². The highest BCUT2D eigenvalue weighted by Crippen LogP contribution is 2.24. The fourth-order valence-corrected chi connectivity index (χ4v) is 3.36. The van der Waals surface area contributed by atoms with Crippen molar-refractivity contribution in [3.05, 3.63) is 34.0 Å². The number of carbonyl (C=O) groups is 1. The Morgan fingerprint density at radius 1 is 1.38 bits per heavy atom. The Morgan fingerprint density at radius 2 is 2.15 bits per heavy atom. The summed E-state index contributed by atoms with van der Waals surface area (Å²) in [5, 5.41) is 11.0. The van der Waals surface area contributed by atoms with Gasteiger partial charge in [-0.2, -0.15) is 5.10 Å². The second-order valence-electron chi connectivity index (χ2n) is 6.54. The molecule has 0 radical (unpaired) electrons. The molecule has 3 heterocycles. The molecule has 2 aromatic rings. The van der Waals surface area contributed by atoms with E-state index in [-0.39, 0.29) is 11.7 Å². The highest BCUT2D eigenvalue weighted by atomic mass is 35.5. The minimum absolute atomic E-state index is 0.212. The number of hydrogen-bond acceptors (Lipinski definition) is 6. The predicted octanol–water partition coefficient (Wildman–Crippen LogP) is 1.21. The molecule has 2 N–H and O–H groups in total. The molecule has 0 aromatic carbocycles. The van der Waals surface area contributed by atoms with Gasteiger partial charge in [0.1, 0.15) is 5.82 Å². The summed E-state index contributed by atoms with van der Waals surface area (Å²) in [5.41, 5.74) is 2.81. The molecule has 2 aromatic heterocycles. The standard InChI is InChI=1S/C17H24ClN7O/c1-10-11(2)22-15(17(26)19-3)23-16(10)25-6-5-12(9-25)20-8-14-13(18)7-21-24(14)4/h7,12,20H,5-6,8-9H2,1-4H3,(H,19,26)/t12-/m1/s1. The van der Waals surface area contributed by atoms with E-state index in [1.807, 2.05) is 20.9 Å². The lowest BCUT2D eigenvalue weighted by atomic mass is 10.2. The third-order valence-electron chi connectivity index (χ3n) is 4.85. The van der Waals surface area contributed by atoms with Gasteiger partial charge in [0.2, 0.25) is 5.82 Å². The zero-order valence-electron chi connectivity index (χ0n) is 15.5. The summed E-state index contributed by atoms with van der Waals surface area (Å²) in [5.74, 6) is 0.775. The lowest BCUT2D eigenvalue weighted by Crippen LogP contribution is -2.33. The number of nitrogens with one attached hydrogen (secondary N) is 2. The van der Waals surface area contributed by atoms with Gasteiger partial charge in [-0.15, -0.1) is 0 Å². The van der Waals surface area contributed by atoms with Crippen molar-refractivity contribution in [1.29, 1.82) is 0 Å². The van der Waals surface area contributed by atoms with E-state index >= 15 is 0 Å². The van der Waals surface area contributed by atoms with Gasteiger partial charge in [0.25, 0.3) is 5.91 Å². The minimum atomic E-state index is -0.269. The number of anilines is 1. The molecule has 0 spiro atoms. The van der Waals surface area contributed by atoms with Crippen LogP contribution in [0.25, 0.3) is 0 Å². The zero-order valence-corrected chi connectivity index (χ0v) is 16.3. The Bertz CT molecular complexity index is 800. The van der Waals surface area contributed by atoms with Crippen LogP contribution in [0, 0.1) is 13.8 Å². The van der Waals surface area contributed by atoms with Crippen molar-refractivity contribution >= 4 is 23.3 Å². The Kier molecular flexibility index (Phi) is 5.43. The summed E-state index contributed by atoms with van der Waals surface area (Å²) in [7, 11) is 3.47. The van der Waals surface area contributed by atoms with E-state index in [2.05, 4.69) is 30.6 Å². The molecule has 1 amide bonds. The lowest BCUT2D eigenvalue weighted by Gasteiger charge is -2.21. The average molecular weight is 378 g/mol. The van der Waals surface area contributed by atoms with Crippen molar-refractivity contribution in [2.75, 3.05) is 25.0 Å². The van der Waals surface area contributed by atoms with Gasteiger partial charge >= 0.3 is 0 Å². The van der Waals surface area contributed by atoms with E-state index < -0.39 is 0 Å². The highest BCUT2D eigenvalue weighted by Gasteiger charge is 2.26.